The molecule has 0 N–H and O–H groups in total. The number of rotatable bonds is 2. The van der Waals surface area contributed by atoms with Gasteiger partial charge < -0.3 is 26.2 Å². The van der Waals surface area contributed by atoms with E-state index in [-0.39, 0.29) is 29.1 Å². The lowest BCUT2D eigenvalue weighted by molar-refractivity contribution is -0.937. The predicted octanol–water partition coefficient (Wildman–Crippen LogP) is 1.15. The fraction of sp³-hybridized carbons (Fsp3) is 0.480. The second-order valence-corrected chi connectivity index (χ2v) is 10.0. The van der Waals surface area contributed by atoms with Crippen LogP contribution in [-0.2, 0) is 14.9 Å². The van der Waals surface area contributed by atoms with Gasteiger partial charge in [-0.15, -0.1) is 0 Å². The van der Waals surface area contributed by atoms with E-state index in [1.165, 1.54) is 17.5 Å². The van der Waals surface area contributed by atoms with Crippen LogP contribution in [0.15, 0.2) is 48.5 Å². The summed E-state index contributed by atoms with van der Waals surface area (Å²) in [5.74, 6) is 1.66. The molecule has 2 saturated heterocycles. The molecule has 2 aromatic carbocycles. The average molecular weight is 454 g/mol. The summed E-state index contributed by atoms with van der Waals surface area (Å²) >= 11 is 0. The number of nitrogens with zero attached hydrogens (tertiary/aromatic N) is 1. The van der Waals surface area contributed by atoms with Crippen LogP contribution >= 0.6 is 0 Å². The Kier molecular flexibility index (Phi) is 4.12. The van der Waals surface area contributed by atoms with E-state index < -0.39 is 5.41 Å². The first-order chi connectivity index (χ1) is 13.4. The number of hydrogen-bond acceptors (Lipinski definition) is 2. The first-order valence-corrected chi connectivity index (χ1v) is 10.7. The zero-order chi connectivity index (χ0) is 19.3. The molecule has 0 radical (unpaired) electrons. The van der Waals surface area contributed by atoms with Gasteiger partial charge in [-0.3, -0.25) is 4.79 Å². The van der Waals surface area contributed by atoms with E-state index in [1.54, 1.807) is 0 Å². The van der Waals surface area contributed by atoms with Crippen molar-refractivity contribution in [2.75, 3.05) is 14.1 Å². The van der Waals surface area contributed by atoms with Crippen molar-refractivity contribution in [1.29, 1.82) is 0 Å². The number of piperidine rings is 2. The minimum Gasteiger partial charge on any atom is -1.00 e. The van der Waals surface area contributed by atoms with Crippen molar-refractivity contribution in [1.82, 2.24) is 0 Å². The highest BCUT2D eigenvalue weighted by atomic mass is 79.9. The number of ether oxygens (including phenoxy) is 1. The standard InChI is InChI=1S/C25H28NO2.BrH/c1-25(20-10-6-4-8-16(20)17-9-5-7-11-21(17)25)24(27)28-15-12-22-18-14-19(18)23(13-15)26(22,2)3;/h4-11,15,18-19,22-23H,12-14H2,1-3H3;1H/q+1;/p-1/t15?,18-,19?,22-,23?;/m0./s1. The molecule has 0 amide bonds. The van der Waals surface area contributed by atoms with Gasteiger partial charge in [-0.2, -0.15) is 0 Å². The van der Waals surface area contributed by atoms with Gasteiger partial charge in [0.25, 0.3) is 0 Å². The van der Waals surface area contributed by atoms with Gasteiger partial charge in [0.15, 0.2) is 0 Å². The van der Waals surface area contributed by atoms with Crippen LogP contribution in [-0.4, -0.2) is 42.7 Å². The van der Waals surface area contributed by atoms with Gasteiger partial charge in [0.2, 0.25) is 0 Å². The van der Waals surface area contributed by atoms with Gasteiger partial charge in [-0.05, 0) is 35.6 Å². The maximum Gasteiger partial charge on any atom is 0.321 e. The van der Waals surface area contributed by atoms with Gasteiger partial charge in [0.1, 0.15) is 11.5 Å². The second-order valence-electron chi connectivity index (χ2n) is 10.0. The molecular weight excluding hydrogens is 426 g/mol. The van der Waals surface area contributed by atoms with Crippen LogP contribution in [0, 0.1) is 11.8 Å². The summed E-state index contributed by atoms with van der Waals surface area (Å²) in [6.45, 7) is 2.05. The number of carbonyl (C=O) groups excluding carboxylic acids is 1. The summed E-state index contributed by atoms with van der Waals surface area (Å²) in [6.07, 6.45) is 3.51. The third-order valence-corrected chi connectivity index (χ3v) is 8.50. The van der Waals surface area contributed by atoms with E-state index in [4.69, 9.17) is 4.74 Å². The number of quaternary nitrogens is 1. The molecular formula is C25H28BrNO2. The molecule has 2 aliphatic carbocycles. The first kappa shape index (κ1) is 19.3. The summed E-state index contributed by atoms with van der Waals surface area (Å²) in [7, 11) is 4.76. The van der Waals surface area contributed by atoms with Crippen molar-refractivity contribution in [3.8, 4) is 11.1 Å². The Bertz CT molecular complexity index is 934. The van der Waals surface area contributed by atoms with Crippen molar-refractivity contribution in [2.24, 2.45) is 11.8 Å². The highest BCUT2D eigenvalue weighted by molar-refractivity contribution is 5.97. The zero-order valence-electron chi connectivity index (χ0n) is 17.3. The molecule has 5 atom stereocenters. The molecule has 2 heterocycles. The normalized spacial score (nSPS) is 33.7. The summed E-state index contributed by atoms with van der Waals surface area (Å²) in [5.41, 5.74) is 3.79. The molecule has 1 saturated carbocycles. The molecule has 3 nitrogen and oxygen atoms in total. The molecule has 4 aliphatic rings. The second kappa shape index (κ2) is 6.18. The zero-order valence-corrected chi connectivity index (χ0v) is 18.9. The number of carbonyl (C=O) groups is 1. The summed E-state index contributed by atoms with van der Waals surface area (Å²) < 4.78 is 7.42. The Labute approximate surface area is 183 Å². The molecule has 3 fully saturated rings. The number of hydrogen-bond donors (Lipinski definition) is 0. The highest BCUT2D eigenvalue weighted by Crippen LogP contribution is 2.61. The Morgan fingerprint density at radius 2 is 1.38 bits per heavy atom. The van der Waals surface area contributed by atoms with Crippen molar-refractivity contribution < 1.29 is 31.0 Å². The molecule has 152 valence electrons. The quantitative estimate of drug-likeness (QED) is 0.503. The van der Waals surface area contributed by atoms with E-state index >= 15 is 0 Å². The molecule has 6 rings (SSSR count). The first-order valence-electron chi connectivity index (χ1n) is 10.7. The smallest absolute Gasteiger partial charge is 0.321 e. The monoisotopic (exact) mass is 453 g/mol. The van der Waals surface area contributed by atoms with Crippen molar-refractivity contribution >= 4 is 5.97 Å². The van der Waals surface area contributed by atoms with E-state index in [1.807, 2.05) is 12.1 Å². The molecule has 2 bridgehead atoms. The summed E-state index contributed by atoms with van der Waals surface area (Å²) in [6, 6.07) is 17.9. The highest BCUT2D eigenvalue weighted by Gasteiger charge is 2.68. The lowest BCUT2D eigenvalue weighted by Crippen LogP contribution is -3.00. The van der Waals surface area contributed by atoms with Crippen LogP contribution in [0.2, 0.25) is 0 Å². The maximum atomic E-state index is 13.6. The molecule has 0 spiro atoms. The number of esters is 1. The average Bonchev–Trinajstić information content (AvgIpc) is 3.40. The summed E-state index contributed by atoms with van der Waals surface area (Å²) in [4.78, 5) is 13.6. The molecule has 29 heavy (non-hydrogen) atoms. The molecule has 3 unspecified atom stereocenters. The lowest BCUT2D eigenvalue weighted by atomic mass is 9.80. The van der Waals surface area contributed by atoms with Crippen molar-refractivity contribution in [2.45, 2.75) is 49.8 Å². The van der Waals surface area contributed by atoms with E-state index in [9.17, 15) is 4.79 Å². The minimum atomic E-state index is -0.711. The van der Waals surface area contributed by atoms with Gasteiger partial charge >= 0.3 is 5.97 Å². The van der Waals surface area contributed by atoms with E-state index in [0.29, 0.717) is 12.1 Å². The van der Waals surface area contributed by atoms with Crippen LogP contribution in [0.5, 0.6) is 0 Å². The topological polar surface area (TPSA) is 26.3 Å². The Morgan fingerprint density at radius 3 is 1.90 bits per heavy atom. The number of fused-ring (bicyclic) bond motifs is 8. The Hall–Kier alpha value is -1.65. The maximum absolute atomic E-state index is 13.6. The van der Waals surface area contributed by atoms with Crippen LogP contribution in [0.4, 0.5) is 0 Å². The Balaban J connectivity index is 0.00000181. The third-order valence-electron chi connectivity index (χ3n) is 8.50. The van der Waals surface area contributed by atoms with Crippen molar-refractivity contribution in [3.05, 3.63) is 59.7 Å². The SMILES string of the molecule is CC1(C(=O)OC2CC3C4C[C@@H]4[C@H](C2)[N+]3(C)C)c2ccccc2-c2ccccc21.[Br-]. The number of benzene rings is 2. The van der Waals surface area contributed by atoms with Crippen LogP contribution in [0.1, 0.15) is 37.3 Å². The molecule has 4 heteroatoms. The van der Waals surface area contributed by atoms with Gasteiger partial charge in [0, 0.05) is 24.7 Å². The van der Waals surface area contributed by atoms with Crippen LogP contribution in [0.3, 0.4) is 0 Å². The minimum absolute atomic E-state index is 0. The molecule has 2 aliphatic heterocycles. The fourth-order valence-electron chi connectivity index (χ4n) is 6.92. The van der Waals surface area contributed by atoms with Crippen LogP contribution < -0.4 is 17.0 Å². The van der Waals surface area contributed by atoms with Gasteiger partial charge in [-0.25, -0.2) is 0 Å². The molecule has 0 aromatic heterocycles. The van der Waals surface area contributed by atoms with E-state index in [2.05, 4.69) is 57.4 Å². The van der Waals surface area contributed by atoms with Crippen LogP contribution in [0.25, 0.3) is 11.1 Å². The van der Waals surface area contributed by atoms with Gasteiger partial charge in [0.05, 0.1) is 26.2 Å². The predicted molar refractivity (Wildman–Crippen MR) is 109 cm³/mol. The van der Waals surface area contributed by atoms with Crippen molar-refractivity contribution in [3.63, 3.8) is 0 Å². The third kappa shape index (κ3) is 2.42. The number of halogens is 1. The molecule has 2 aromatic rings. The lowest BCUT2D eigenvalue weighted by Gasteiger charge is -2.46. The Morgan fingerprint density at radius 1 is 0.897 bits per heavy atom. The van der Waals surface area contributed by atoms with Gasteiger partial charge in [-0.1, -0.05) is 48.5 Å². The van der Waals surface area contributed by atoms with E-state index in [0.717, 1.165) is 40.3 Å². The fourth-order valence-corrected chi connectivity index (χ4v) is 6.92. The largest absolute Gasteiger partial charge is 1.00 e. The summed E-state index contributed by atoms with van der Waals surface area (Å²) in [5, 5.41) is 0.